The van der Waals surface area contributed by atoms with Crippen molar-refractivity contribution in [3.8, 4) is 0 Å². The number of thioether (sulfide) groups is 1. The van der Waals surface area contributed by atoms with Gasteiger partial charge in [0.2, 0.25) is 5.91 Å². The van der Waals surface area contributed by atoms with Crippen molar-refractivity contribution in [3.63, 3.8) is 0 Å². The van der Waals surface area contributed by atoms with Crippen molar-refractivity contribution in [1.82, 2.24) is 29.9 Å². The maximum atomic E-state index is 12.8. The number of carbonyl (C=O) groups excluding carboxylic acids is 2. The number of nitrogens with one attached hydrogen (secondary N) is 1. The summed E-state index contributed by atoms with van der Waals surface area (Å²) in [7, 11) is 3.84. The maximum absolute atomic E-state index is 12.8. The molecule has 11 nitrogen and oxygen atoms in total. The Bertz CT molecular complexity index is 1020. The van der Waals surface area contributed by atoms with Gasteiger partial charge in [-0.2, -0.15) is 0 Å². The number of non-ortho nitro benzene ring substituents is 1. The molecule has 33 heavy (non-hydrogen) atoms. The third kappa shape index (κ3) is 6.08. The maximum Gasteiger partial charge on any atom is 0.270 e. The van der Waals surface area contributed by atoms with Crippen LogP contribution in [-0.2, 0) is 11.8 Å². The minimum atomic E-state index is -0.535. The van der Waals surface area contributed by atoms with Crippen molar-refractivity contribution in [1.29, 1.82) is 0 Å². The highest BCUT2D eigenvalue weighted by atomic mass is 32.2. The summed E-state index contributed by atoms with van der Waals surface area (Å²) in [6.07, 6.45) is 0. The van der Waals surface area contributed by atoms with E-state index in [2.05, 4.69) is 20.4 Å². The van der Waals surface area contributed by atoms with E-state index >= 15 is 0 Å². The Balaban J connectivity index is 1.68. The van der Waals surface area contributed by atoms with Gasteiger partial charge in [-0.05, 0) is 19.0 Å². The molecule has 2 aromatic rings. The van der Waals surface area contributed by atoms with Crippen LogP contribution in [0.25, 0.3) is 0 Å². The van der Waals surface area contributed by atoms with Crippen LogP contribution >= 0.6 is 11.8 Å². The fourth-order valence-electron chi connectivity index (χ4n) is 3.51. The molecule has 1 fully saturated rings. The van der Waals surface area contributed by atoms with E-state index in [1.54, 1.807) is 11.6 Å². The zero-order valence-electron chi connectivity index (χ0n) is 19.2. The molecule has 3 rings (SSSR count). The molecule has 1 aliphatic rings. The average Bonchev–Trinajstić information content (AvgIpc) is 3.15. The molecule has 0 unspecified atom stereocenters. The number of nitro benzene ring substituents is 1. The first-order valence-corrected chi connectivity index (χ1v) is 11.7. The van der Waals surface area contributed by atoms with Gasteiger partial charge in [-0.3, -0.25) is 19.7 Å². The van der Waals surface area contributed by atoms with Crippen LogP contribution in [0.3, 0.4) is 0 Å². The van der Waals surface area contributed by atoms with Crippen LogP contribution in [0.2, 0.25) is 0 Å². The highest BCUT2D eigenvalue weighted by molar-refractivity contribution is 7.99. The second-order valence-corrected chi connectivity index (χ2v) is 9.32. The summed E-state index contributed by atoms with van der Waals surface area (Å²) in [6, 6.07) is 5.13. The summed E-state index contributed by atoms with van der Waals surface area (Å²) >= 11 is 1.32. The van der Waals surface area contributed by atoms with Crippen LogP contribution < -0.4 is 5.32 Å². The zero-order valence-corrected chi connectivity index (χ0v) is 20.0. The van der Waals surface area contributed by atoms with Gasteiger partial charge in [0, 0.05) is 50.9 Å². The fourth-order valence-corrected chi connectivity index (χ4v) is 4.33. The number of hydrogen-bond donors (Lipinski definition) is 1. The minimum Gasteiger partial charge on any atom is -0.342 e. The van der Waals surface area contributed by atoms with Crippen LogP contribution in [0.1, 0.15) is 36.1 Å². The van der Waals surface area contributed by atoms with Crippen LogP contribution in [0.4, 0.5) is 5.69 Å². The lowest BCUT2D eigenvalue weighted by Gasteiger charge is -2.32. The van der Waals surface area contributed by atoms with Crippen LogP contribution in [-0.4, -0.2) is 80.3 Å². The Labute approximate surface area is 196 Å². The molecular weight excluding hydrogens is 446 g/mol. The van der Waals surface area contributed by atoms with Crippen molar-refractivity contribution in [2.45, 2.75) is 25.0 Å². The summed E-state index contributed by atoms with van der Waals surface area (Å²) in [4.78, 5) is 39.9. The molecule has 0 bridgehead atoms. The van der Waals surface area contributed by atoms with E-state index in [-0.39, 0.29) is 28.8 Å². The molecule has 1 N–H and O–H groups in total. The van der Waals surface area contributed by atoms with Gasteiger partial charge < -0.3 is 19.7 Å². The molecule has 1 aromatic heterocycles. The standard InChI is InChI=1S/C21H29N7O4S/c1-14(2)18(22-20(30)15-6-5-7-16(12-15)28(31)32)19-23-24-21(26(19)4)33-13-17(29)27-10-8-25(3)9-11-27/h5-7,12,14,18H,8-11,13H2,1-4H3,(H,22,30)/t18-/m0/s1. The summed E-state index contributed by atoms with van der Waals surface area (Å²) in [6.45, 7) is 7.06. The molecule has 1 aliphatic heterocycles. The van der Waals surface area contributed by atoms with Gasteiger partial charge in [-0.15, -0.1) is 10.2 Å². The largest absolute Gasteiger partial charge is 0.342 e. The van der Waals surface area contributed by atoms with Crippen LogP contribution in [0.15, 0.2) is 29.4 Å². The number of piperazine rings is 1. The van der Waals surface area contributed by atoms with Crippen molar-refractivity contribution in [2.75, 3.05) is 39.0 Å². The van der Waals surface area contributed by atoms with Gasteiger partial charge in [0.05, 0.1) is 16.7 Å². The lowest BCUT2D eigenvalue weighted by Crippen LogP contribution is -2.47. The Morgan fingerprint density at radius 2 is 1.88 bits per heavy atom. The van der Waals surface area contributed by atoms with Gasteiger partial charge in [0.1, 0.15) is 0 Å². The second kappa shape index (κ2) is 10.8. The first kappa shape index (κ1) is 24.6. The average molecular weight is 476 g/mol. The van der Waals surface area contributed by atoms with E-state index < -0.39 is 16.9 Å². The van der Waals surface area contributed by atoms with Gasteiger partial charge in [0.25, 0.3) is 11.6 Å². The van der Waals surface area contributed by atoms with E-state index in [0.29, 0.717) is 11.0 Å². The number of carbonyl (C=O) groups is 2. The van der Waals surface area contributed by atoms with Crippen LogP contribution in [0, 0.1) is 16.0 Å². The monoisotopic (exact) mass is 475 g/mol. The molecule has 0 spiro atoms. The van der Waals surface area contributed by atoms with Gasteiger partial charge in [0.15, 0.2) is 11.0 Å². The summed E-state index contributed by atoms with van der Waals surface area (Å²) < 4.78 is 1.78. The number of amides is 2. The first-order chi connectivity index (χ1) is 15.7. The lowest BCUT2D eigenvalue weighted by atomic mass is 10.0. The Morgan fingerprint density at radius 3 is 2.52 bits per heavy atom. The van der Waals surface area contributed by atoms with E-state index in [9.17, 15) is 19.7 Å². The molecule has 0 aliphatic carbocycles. The second-order valence-electron chi connectivity index (χ2n) is 8.38. The molecule has 0 saturated carbocycles. The topological polar surface area (TPSA) is 126 Å². The normalized spacial score (nSPS) is 15.5. The molecule has 12 heteroatoms. The highest BCUT2D eigenvalue weighted by Crippen LogP contribution is 2.25. The lowest BCUT2D eigenvalue weighted by molar-refractivity contribution is -0.384. The van der Waals surface area contributed by atoms with Crippen molar-refractivity contribution in [3.05, 3.63) is 45.8 Å². The highest BCUT2D eigenvalue weighted by Gasteiger charge is 2.26. The summed E-state index contributed by atoms with van der Waals surface area (Å²) in [5.74, 6) is 0.442. The van der Waals surface area contributed by atoms with E-state index in [4.69, 9.17) is 0 Å². The Morgan fingerprint density at radius 1 is 1.18 bits per heavy atom. The van der Waals surface area contributed by atoms with Gasteiger partial charge in [-0.25, -0.2) is 0 Å². The molecule has 2 amide bonds. The number of rotatable bonds is 8. The number of hydrogen-bond acceptors (Lipinski definition) is 8. The quantitative estimate of drug-likeness (QED) is 0.347. The SMILES string of the molecule is CC(C)[C@H](NC(=O)c1cccc([N+](=O)[O-])c1)c1nnc(SCC(=O)N2CCN(C)CC2)n1C. The number of nitro groups is 1. The fraction of sp³-hybridized carbons (Fsp3) is 0.524. The Hall–Kier alpha value is -2.99. The number of aromatic nitrogens is 3. The van der Waals surface area contributed by atoms with Crippen molar-refractivity contribution in [2.24, 2.45) is 13.0 Å². The predicted molar refractivity (Wildman–Crippen MR) is 124 cm³/mol. The predicted octanol–water partition coefficient (Wildman–Crippen LogP) is 1.72. The van der Waals surface area contributed by atoms with Crippen LogP contribution in [0.5, 0.6) is 0 Å². The molecule has 2 heterocycles. The summed E-state index contributed by atoms with van der Waals surface area (Å²) in [5, 5.41) is 23.0. The smallest absolute Gasteiger partial charge is 0.270 e. The third-order valence-electron chi connectivity index (χ3n) is 5.60. The number of likely N-dealkylation sites (N-methyl/N-ethyl adjacent to an activating group) is 1. The molecular formula is C21H29N7O4S. The number of benzene rings is 1. The summed E-state index contributed by atoms with van der Waals surface area (Å²) in [5.41, 5.74) is 0.0514. The first-order valence-electron chi connectivity index (χ1n) is 10.7. The van der Waals surface area contributed by atoms with E-state index in [1.165, 1.54) is 36.0 Å². The number of nitrogens with zero attached hydrogens (tertiary/aromatic N) is 6. The van der Waals surface area contributed by atoms with Gasteiger partial charge >= 0.3 is 0 Å². The third-order valence-corrected chi connectivity index (χ3v) is 6.60. The molecule has 0 radical (unpaired) electrons. The zero-order chi connectivity index (χ0) is 24.1. The molecule has 178 valence electrons. The molecule has 1 aromatic carbocycles. The molecule has 1 saturated heterocycles. The minimum absolute atomic E-state index is 0.0135. The van der Waals surface area contributed by atoms with Crippen molar-refractivity contribution < 1.29 is 14.5 Å². The van der Waals surface area contributed by atoms with E-state index in [1.807, 2.05) is 25.8 Å². The van der Waals surface area contributed by atoms with Crippen molar-refractivity contribution >= 4 is 29.3 Å². The van der Waals surface area contributed by atoms with Gasteiger partial charge in [-0.1, -0.05) is 31.7 Å². The molecule has 1 atom stereocenters. The Kier molecular flexibility index (Phi) is 8.03. The van der Waals surface area contributed by atoms with E-state index in [0.717, 1.165) is 26.2 Å².